The summed E-state index contributed by atoms with van der Waals surface area (Å²) in [5.74, 6) is 0.528. The average Bonchev–Trinajstić information content (AvgIpc) is 3.40. The van der Waals surface area contributed by atoms with E-state index in [2.05, 4.69) is 5.10 Å². The van der Waals surface area contributed by atoms with Crippen molar-refractivity contribution in [3.05, 3.63) is 59.4 Å². The fourth-order valence-corrected chi connectivity index (χ4v) is 3.57. The number of carbonyl (C=O) groups is 1. The molecule has 4 rings (SSSR count). The quantitative estimate of drug-likeness (QED) is 0.714. The van der Waals surface area contributed by atoms with Crippen LogP contribution in [0.1, 0.15) is 23.3 Å². The molecule has 0 bridgehead atoms. The van der Waals surface area contributed by atoms with Gasteiger partial charge >= 0.3 is 0 Å². The van der Waals surface area contributed by atoms with E-state index in [9.17, 15) is 4.79 Å². The Morgan fingerprint density at radius 1 is 1.30 bits per heavy atom. The SMILES string of the molecule is Cl.NCC1CCCN1C(=O)c1cc(-c2ccco2)n(-c2cccc(Cl)c2)n1. The minimum absolute atomic E-state index is 0. The van der Waals surface area contributed by atoms with E-state index in [0.717, 1.165) is 18.5 Å². The second kappa shape index (κ2) is 8.17. The van der Waals surface area contributed by atoms with Gasteiger partial charge in [0, 0.05) is 30.2 Å². The average molecular weight is 407 g/mol. The number of hydrogen-bond acceptors (Lipinski definition) is 4. The van der Waals surface area contributed by atoms with Gasteiger partial charge in [-0.25, -0.2) is 4.68 Å². The summed E-state index contributed by atoms with van der Waals surface area (Å²) in [6.07, 6.45) is 3.49. The Morgan fingerprint density at radius 2 is 2.15 bits per heavy atom. The maximum absolute atomic E-state index is 13.0. The Labute approximate surface area is 168 Å². The molecule has 1 atom stereocenters. The molecule has 0 radical (unpaired) electrons. The first kappa shape index (κ1) is 19.5. The zero-order valence-corrected chi connectivity index (χ0v) is 16.1. The number of carbonyl (C=O) groups excluding carboxylic acids is 1. The van der Waals surface area contributed by atoms with Gasteiger partial charge in [-0.15, -0.1) is 12.4 Å². The smallest absolute Gasteiger partial charge is 0.274 e. The topological polar surface area (TPSA) is 77.3 Å². The van der Waals surface area contributed by atoms with E-state index in [4.69, 9.17) is 21.8 Å². The third kappa shape index (κ3) is 3.74. The molecule has 0 aliphatic carbocycles. The molecule has 2 aromatic heterocycles. The maximum Gasteiger partial charge on any atom is 0.274 e. The summed E-state index contributed by atoms with van der Waals surface area (Å²) in [7, 11) is 0. The van der Waals surface area contributed by atoms with Crippen molar-refractivity contribution < 1.29 is 9.21 Å². The van der Waals surface area contributed by atoms with Crippen LogP contribution in [0.5, 0.6) is 0 Å². The van der Waals surface area contributed by atoms with Crippen molar-refractivity contribution in [2.24, 2.45) is 5.73 Å². The third-order valence-electron chi connectivity index (χ3n) is 4.66. The molecule has 1 saturated heterocycles. The van der Waals surface area contributed by atoms with Crippen molar-refractivity contribution in [2.75, 3.05) is 13.1 Å². The van der Waals surface area contributed by atoms with Crippen LogP contribution in [-0.2, 0) is 0 Å². The van der Waals surface area contributed by atoms with E-state index >= 15 is 0 Å². The molecule has 1 fully saturated rings. The molecule has 2 N–H and O–H groups in total. The van der Waals surface area contributed by atoms with Gasteiger partial charge < -0.3 is 15.1 Å². The summed E-state index contributed by atoms with van der Waals surface area (Å²) in [4.78, 5) is 14.8. The second-order valence-corrected chi connectivity index (χ2v) is 6.75. The van der Waals surface area contributed by atoms with Crippen molar-refractivity contribution in [1.29, 1.82) is 0 Å². The van der Waals surface area contributed by atoms with Crippen molar-refractivity contribution in [3.8, 4) is 17.1 Å². The minimum Gasteiger partial charge on any atom is -0.463 e. The first-order valence-corrected chi connectivity index (χ1v) is 8.96. The van der Waals surface area contributed by atoms with Gasteiger partial charge in [-0.1, -0.05) is 17.7 Å². The van der Waals surface area contributed by atoms with Gasteiger partial charge in [0.25, 0.3) is 5.91 Å². The number of benzene rings is 1. The second-order valence-electron chi connectivity index (χ2n) is 6.31. The van der Waals surface area contributed by atoms with E-state index in [0.29, 0.717) is 35.3 Å². The van der Waals surface area contributed by atoms with E-state index in [-0.39, 0.29) is 24.4 Å². The van der Waals surface area contributed by atoms with Gasteiger partial charge in [0.15, 0.2) is 11.5 Å². The van der Waals surface area contributed by atoms with Crippen molar-refractivity contribution in [2.45, 2.75) is 18.9 Å². The fraction of sp³-hybridized carbons (Fsp3) is 0.263. The van der Waals surface area contributed by atoms with Gasteiger partial charge in [-0.05, 0) is 43.2 Å². The summed E-state index contributed by atoms with van der Waals surface area (Å²) >= 11 is 6.13. The van der Waals surface area contributed by atoms with E-state index in [1.165, 1.54) is 0 Å². The monoisotopic (exact) mass is 406 g/mol. The van der Waals surface area contributed by atoms with Crippen LogP contribution in [0.3, 0.4) is 0 Å². The number of likely N-dealkylation sites (tertiary alicyclic amines) is 1. The van der Waals surface area contributed by atoms with Crippen molar-refractivity contribution in [3.63, 3.8) is 0 Å². The maximum atomic E-state index is 13.0. The van der Waals surface area contributed by atoms with Crippen molar-refractivity contribution >= 4 is 29.9 Å². The molecule has 1 amide bonds. The Bertz CT molecular complexity index is 924. The Morgan fingerprint density at radius 3 is 2.85 bits per heavy atom. The van der Waals surface area contributed by atoms with Gasteiger partial charge in [-0.2, -0.15) is 5.10 Å². The molecule has 0 spiro atoms. The van der Waals surface area contributed by atoms with Gasteiger partial charge in [0.05, 0.1) is 12.0 Å². The number of nitrogens with two attached hydrogens (primary N) is 1. The first-order valence-electron chi connectivity index (χ1n) is 8.58. The standard InChI is InChI=1S/C19H19ClN4O2.ClH/c20-13-4-1-5-14(10-13)24-17(18-7-3-9-26-18)11-16(22-24)19(25)23-8-2-6-15(23)12-21;/h1,3-5,7,9-11,15H,2,6,8,12,21H2;1H. The fourth-order valence-electron chi connectivity index (χ4n) is 3.39. The van der Waals surface area contributed by atoms with Gasteiger partial charge in [0.1, 0.15) is 5.69 Å². The lowest BCUT2D eigenvalue weighted by molar-refractivity contribution is 0.0734. The molecule has 1 unspecified atom stereocenters. The van der Waals surface area contributed by atoms with Gasteiger partial charge in [-0.3, -0.25) is 4.79 Å². The van der Waals surface area contributed by atoms with Crippen molar-refractivity contribution in [1.82, 2.24) is 14.7 Å². The molecule has 1 aliphatic rings. The predicted molar refractivity (Wildman–Crippen MR) is 107 cm³/mol. The molecule has 1 aromatic carbocycles. The highest BCUT2D eigenvalue weighted by molar-refractivity contribution is 6.30. The molecular formula is C19H20Cl2N4O2. The number of aromatic nitrogens is 2. The third-order valence-corrected chi connectivity index (χ3v) is 4.90. The normalized spacial score (nSPS) is 16.4. The highest BCUT2D eigenvalue weighted by atomic mass is 35.5. The Hall–Kier alpha value is -2.28. The molecular weight excluding hydrogens is 387 g/mol. The summed E-state index contributed by atoms with van der Waals surface area (Å²) in [6, 6.07) is 12.8. The van der Waals surface area contributed by atoms with Crippen LogP contribution in [0.15, 0.2) is 53.1 Å². The Balaban J connectivity index is 0.00000210. The molecule has 3 heterocycles. The molecule has 1 aliphatic heterocycles. The molecule has 6 nitrogen and oxygen atoms in total. The summed E-state index contributed by atoms with van der Waals surface area (Å²) in [5.41, 5.74) is 7.64. The van der Waals surface area contributed by atoms with Crippen LogP contribution in [0.25, 0.3) is 17.1 Å². The highest BCUT2D eigenvalue weighted by Gasteiger charge is 2.30. The molecule has 27 heavy (non-hydrogen) atoms. The molecule has 3 aromatic rings. The largest absolute Gasteiger partial charge is 0.463 e. The predicted octanol–water partition coefficient (Wildman–Crippen LogP) is 3.77. The minimum atomic E-state index is -0.105. The Kier molecular flexibility index (Phi) is 5.89. The van der Waals surface area contributed by atoms with Crippen LogP contribution in [0, 0.1) is 0 Å². The van der Waals surface area contributed by atoms with Crippen LogP contribution < -0.4 is 5.73 Å². The van der Waals surface area contributed by atoms with Crippen LogP contribution in [0.2, 0.25) is 5.02 Å². The number of furan rings is 1. The summed E-state index contributed by atoms with van der Waals surface area (Å²) in [5, 5.41) is 5.15. The van der Waals surface area contributed by atoms with Crippen LogP contribution >= 0.6 is 24.0 Å². The van der Waals surface area contributed by atoms with E-state index < -0.39 is 0 Å². The lowest BCUT2D eigenvalue weighted by atomic mass is 10.2. The molecule has 142 valence electrons. The van der Waals surface area contributed by atoms with E-state index in [1.54, 1.807) is 35.2 Å². The first-order chi connectivity index (χ1) is 12.7. The number of nitrogens with zero attached hydrogens (tertiary/aromatic N) is 3. The molecule has 8 heteroatoms. The number of hydrogen-bond donors (Lipinski definition) is 1. The highest BCUT2D eigenvalue weighted by Crippen LogP contribution is 2.27. The van der Waals surface area contributed by atoms with Crippen LogP contribution in [-0.4, -0.2) is 39.7 Å². The lowest BCUT2D eigenvalue weighted by Crippen LogP contribution is -2.40. The van der Waals surface area contributed by atoms with Gasteiger partial charge in [0.2, 0.25) is 0 Å². The zero-order chi connectivity index (χ0) is 18.1. The lowest BCUT2D eigenvalue weighted by Gasteiger charge is -2.22. The number of halogens is 2. The van der Waals surface area contributed by atoms with Crippen LogP contribution in [0.4, 0.5) is 0 Å². The number of rotatable bonds is 4. The van der Waals surface area contributed by atoms with E-state index in [1.807, 2.05) is 23.1 Å². The zero-order valence-electron chi connectivity index (χ0n) is 14.5. The summed E-state index contributed by atoms with van der Waals surface area (Å²) in [6.45, 7) is 1.17. The summed E-state index contributed by atoms with van der Waals surface area (Å²) < 4.78 is 7.22. The molecule has 0 saturated carbocycles. The number of amides is 1.